The molecule has 208 valence electrons. The lowest BCUT2D eigenvalue weighted by Crippen LogP contribution is -2.32. The van der Waals surface area contributed by atoms with Crippen LogP contribution in [0.25, 0.3) is 10.8 Å². The second-order valence-corrected chi connectivity index (χ2v) is 10.9. The quantitative estimate of drug-likeness (QED) is 0.157. The highest BCUT2D eigenvalue weighted by molar-refractivity contribution is 7.15. The van der Waals surface area contributed by atoms with Gasteiger partial charge in [0.1, 0.15) is 17.6 Å². The molecule has 7 nitrogen and oxygen atoms in total. The number of anilines is 1. The zero-order valence-corrected chi connectivity index (χ0v) is 23.6. The lowest BCUT2D eigenvalue weighted by atomic mass is 10.00. The van der Waals surface area contributed by atoms with E-state index in [4.69, 9.17) is 9.15 Å². The van der Waals surface area contributed by atoms with Crippen LogP contribution in [0.4, 0.5) is 5.69 Å². The fourth-order valence-electron chi connectivity index (χ4n) is 4.48. The van der Waals surface area contributed by atoms with Crippen molar-refractivity contribution in [2.24, 2.45) is 0 Å². The van der Waals surface area contributed by atoms with Crippen LogP contribution in [0.5, 0.6) is 5.75 Å². The number of ether oxygens (including phenoxy) is 1. The number of ketones is 1. The number of carbonyl (C=O) groups is 2. The van der Waals surface area contributed by atoms with Gasteiger partial charge in [0.05, 0.1) is 17.2 Å². The number of carboxylic acids is 1. The predicted octanol–water partition coefficient (Wildman–Crippen LogP) is 6.98. The highest BCUT2D eigenvalue weighted by Crippen LogP contribution is 2.29. The molecule has 0 unspecified atom stereocenters. The third-order valence-electron chi connectivity index (χ3n) is 6.65. The van der Waals surface area contributed by atoms with E-state index in [9.17, 15) is 14.7 Å². The first-order valence-electron chi connectivity index (χ1n) is 13.3. The van der Waals surface area contributed by atoms with Gasteiger partial charge in [-0.2, -0.15) is 0 Å². The molecule has 0 aliphatic carbocycles. The van der Waals surface area contributed by atoms with Crippen LogP contribution >= 0.6 is 11.3 Å². The smallest absolute Gasteiger partial charge is 0.326 e. The van der Waals surface area contributed by atoms with Crippen LogP contribution in [-0.4, -0.2) is 34.5 Å². The molecule has 2 heterocycles. The second kappa shape index (κ2) is 12.7. The molecule has 3 aromatic carbocycles. The number of carbonyl (C=O) groups excluding carboxylic acids is 1. The predicted molar refractivity (Wildman–Crippen MR) is 160 cm³/mol. The van der Waals surface area contributed by atoms with Crippen molar-refractivity contribution >= 4 is 28.8 Å². The van der Waals surface area contributed by atoms with Crippen molar-refractivity contribution in [3.8, 4) is 16.5 Å². The van der Waals surface area contributed by atoms with E-state index in [2.05, 4.69) is 17.2 Å². The average Bonchev–Trinajstić information content (AvgIpc) is 3.59. The summed E-state index contributed by atoms with van der Waals surface area (Å²) in [5, 5.41) is 13.0. The topological polar surface area (TPSA) is 102 Å². The third kappa shape index (κ3) is 6.91. The van der Waals surface area contributed by atoms with Gasteiger partial charge in [-0.1, -0.05) is 54.6 Å². The number of para-hydroxylation sites is 1. The molecule has 5 rings (SSSR count). The summed E-state index contributed by atoms with van der Waals surface area (Å²) >= 11 is 1.65. The van der Waals surface area contributed by atoms with Gasteiger partial charge in [0.15, 0.2) is 5.78 Å². The maximum Gasteiger partial charge on any atom is 0.326 e. The molecular weight excluding hydrogens is 536 g/mol. The summed E-state index contributed by atoms with van der Waals surface area (Å²) in [5.74, 6) is 0.922. The first-order chi connectivity index (χ1) is 19.9. The number of aryl methyl sites for hydroxylation is 2. The molecule has 0 amide bonds. The van der Waals surface area contributed by atoms with Crippen LogP contribution in [0.1, 0.15) is 37.8 Å². The van der Waals surface area contributed by atoms with Gasteiger partial charge in [0.25, 0.3) is 0 Å². The zero-order chi connectivity index (χ0) is 28.8. The van der Waals surface area contributed by atoms with Crippen molar-refractivity contribution in [1.82, 2.24) is 4.98 Å². The third-order valence-corrected chi connectivity index (χ3v) is 7.64. The maximum absolute atomic E-state index is 13.1. The lowest BCUT2D eigenvalue weighted by Gasteiger charge is -2.18. The van der Waals surface area contributed by atoms with Gasteiger partial charge in [-0.15, -0.1) is 11.3 Å². The van der Waals surface area contributed by atoms with Crippen LogP contribution in [-0.2, 0) is 17.6 Å². The van der Waals surface area contributed by atoms with Crippen LogP contribution in [0.3, 0.4) is 0 Å². The summed E-state index contributed by atoms with van der Waals surface area (Å²) in [4.78, 5) is 32.1. The molecule has 0 saturated carbocycles. The Hall–Kier alpha value is -4.69. The minimum atomic E-state index is -1.01. The number of rotatable bonds is 12. The van der Waals surface area contributed by atoms with E-state index in [1.54, 1.807) is 59.9 Å². The number of benzene rings is 3. The van der Waals surface area contributed by atoms with E-state index >= 15 is 0 Å². The number of hydrogen-bond acceptors (Lipinski definition) is 7. The molecule has 41 heavy (non-hydrogen) atoms. The van der Waals surface area contributed by atoms with Crippen molar-refractivity contribution in [1.29, 1.82) is 0 Å². The Labute approximate surface area is 242 Å². The van der Waals surface area contributed by atoms with Gasteiger partial charge in [-0.3, -0.25) is 4.79 Å². The second-order valence-electron chi connectivity index (χ2n) is 9.65. The Balaban J connectivity index is 1.19. The van der Waals surface area contributed by atoms with Crippen LogP contribution < -0.4 is 10.1 Å². The highest BCUT2D eigenvalue weighted by atomic mass is 32.1. The molecule has 0 saturated heterocycles. The summed E-state index contributed by atoms with van der Waals surface area (Å²) in [6.45, 7) is 4.39. The van der Waals surface area contributed by atoms with Gasteiger partial charge < -0.3 is 19.6 Å². The van der Waals surface area contributed by atoms with Crippen molar-refractivity contribution in [3.63, 3.8) is 0 Å². The maximum atomic E-state index is 13.1. The molecule has 0 spiro atoms. The summed E-state index contributed by atoms with van der Waals surface area (Å²) < 4.78 is 11.8. The Morgan fingerprint density at radius 2 is 1.68 bits per heavy atom. The Kier molecular flexibility index (Phi) is 8.60. The van der Waals surface area contributed by atoms with E-state index in [1.807, 2.05) is 49.4 Å². The summed E-state index contributed by atoms with van der Waals surface area (Å²) in [6, 6.07) is 26.4. The zero-order valence-electron chi connectivity index (χ0n) is 22.8. The van der Waals surface area contributed by atoms with E-state index in [0.29, 0.717) is 41.5 Å². The molecule has 0 fully saturated rings. The summed E-state index contributed by atoms with van der Waals surface area (Å²) in [6.07, 6.45) is 0.833. The van der Waals surface area contributed by atoms with Crippen molar-refractivity contribution in [3.05, 3.63) is 124 Å². The van der Waals surface area contributed by atoms with Crippen molar-refractivity contribution in [2.45, 2.75) is 32.7 Å². The first-order valence-corrected chi connectivity index (χ1v) is 14.1. The molecule has 0 radical (unpaired) electrons. The van der Waals surface area contributed by atoms with E-state index in [0.717, 1.165) is 21.9 Å². The number of thiophene rings is 1. The largest absolute Gasteiger partial charge is 0.493 e. The van der Waals surface area contributed by atoms with Gasteiger partial charge in [-0.25, -0.2) is 9.78 Å². The Morgan fingerprint density at radius 1 is 0.951 bits per heavy atom. The fourth-order valence-corrected chi connectivity index (χ4v) is 5.27. The molecule has 0 aliphatic rings. The fraction of sp³-hybridized carbons (Fsp3) is 0.182. The van der Waals surface area contributed by atoms with Crippen LogP contribution in [0.15, 0.2) is 95.4 Å². The highest BCUT2D eigenvalue weighted by Gasteiger charge is 2.21. The molecule has 2 aromatic heterocycles. The van der Waals surface area contributed by atoms with Crippen LogP contribution in [0.2, 0.25) is 0 Å². The molecule has 0 aliphatic heterocycles. The number of nitrogens with zero attached hydrogens (tertiary/aromatic N) is 1. The standard InChI is InChI=1S/C33H30N2O5S/c1-21-12-17-30(41-21)32-35-27(22(2)40-32)18-19-39-25-15-13-23(14-16-25)20-29(33(37)38)34-28-11-7-6-10-26(28)31(36)24-8-4-3-5-9-24/h3-17,29,34H,18-20H2,1-2H3,(H,37,38)/t29-/m0/s1. The molecule has 2 N–H and O–H groups in total. The van der Waals surface area contributed by atoms with E-state index in [1.165, 1.54) is 4.88 Å². The van der Waals surface area contributed by atoms with E-state index < -0.39 is 12.0 Å². The van der Waals surface area contributed by atoms with Crippen molar-refractivity contribution < 1.29 is 23.8 Å². The number of hydrogen-bond donors (Lipinski definition) is 2. The van der Waals surface area contributed by atoms with Gasteiger partial charge in [-0.05, 0) is 55.8 Å². The monoisotopic (exact) mass is 566 g/mol. The normalized spacial score (nSPS) is 11.7. The lowest BCUT2D eigenvalue weighted by molar-refractivity contribution is -0.137. The molecule has 1 atom stereocenters. The summed E-state index contributed by atoms with van der Waals surface area (Å²) in [7, 11) is 0. The number of oxazole rings is 1. The number of nitrogens with one attached hydrogen (secondary N) is 1. The minimum absolute atomic E-state index is 0.169. The molecule has 8 heteroatoms. The summed E-state index contributed by atoms with van der Waals surface area (Å²) in [5.41, 5.74) is 3.14. The molecule has 5 aromatic rings. The SMILES string of the molecule is Cc1ccc(-c2nc(CCOc3ccc(C[C@H](Nc4ccccc4C(=O)c4ccccc4)C(=O)O)cc3)c(C)o2)s1. The number of aliphatic carboxylic acids is 1. The Bertz CT molecular complexity index is 1640. The van der Waals surface area contributed by atoms with E-state index in [-0.39, 0.29) is 12.2 Å². The Morgan fingerprint density at radius 3 is 2.39 bits per heavy atom. The van der Waals surface area contributed by atoms with Gasteiger partial charge in [0.2, 0.25) is 5.89 Å². The molecule has 0 bridgehead atoms. The number of aromatic nitrogens is 1. The minimum Gasteiger partial charge on any atom is -0.493 e. The number of carboxylic acid groups (broad SMARTS) is 1. The average molecular weight is 567 g/mol. The van der Waals surface area contributed by atoms with Gasteiger partial charge >= 0.3 is 5.97 Å². The van der Waals surface area contributed by atoms with Crippen molar-refractivity contribution in [2.75, 3.05) is 11.9 Å². The van der Waals surface area contributed by atoms with Crippen LogP contribution in [0, 0.1) is 13.8 Å². The van der Waals surface area contributed by atoms with Gasteiger partial charge in [0, 0.05) is 34.5 Å². The first kappa shape index (κ1) is 27.9. The molecular formula is C33H30N2O5S.